The van der Waals surface area contributed by atoms with Gasteiger partial charge in [-0.2, -0.15) is 5.10 Å². The number of sulfonamides is 1. The average molecular weight is 296 g/mol. The smallest absolute Gasteiger partial charge is 0.242 e. The molecule has 8 heteroatoms. The number of methoxy groups -OCH3 is 1. The number of aromatic nitrogens is 2. The third-order valence-electron chi connectivity index (χ3n) is 2.87. The first kappa shape index (κ1) is 14.4. The number of nitrogens with zero attached hydrogens (tertiary/aromatic N) is 2. The molecule has 0 aliphatic carbocycles. The summed E-state index contributed by atoms with van der Waals surface area (Å²) in [4.78, 5) is 0.0282. The van der Waals surface area contributed by atoms with Gasteiger partial charge in [0.1, 0.15) is 10.6 Å². The lowest BCUT2D eigenvalue weighted by Crippen LogP contribution is -2.25. The molecule has 2 rings (SSSR count). The molecule has 0 amide bonds. The predicted molar refractivity (Wildman–Crippen MR) is 74.6 cm³/mol. The van der Waals surface area contributed by atoms with Crippen molar-refractivity contribution in [3.63, 3.8) is 0 Å². The van der Waals surface area contributed by atoms with Crippen LogP contribution in [-0.2, 0) is 23.6 Å². The summed E-state index contributed by atoms with van der Waals surface area (Å²) < 4.78 is 33.5. The van der Waals surface area contributed by atoms with Gasteiger partial charge in [0, 0.05) is 19.3 Å². The number of benzene rings is 1. The van der Waals surface area contributed by atoms with E-state index in [1.54, 1.807) is 30.1 Å². The van der Waals surface area contributed by atoms with E-state index in [4.69, 9.17) is 10.5 Å². The van der Waals surface area contributed by atoms with Crippen molar-refractivity contribution in [1.82, 2.24) is 14.5 Å². The minimum atomic E-state index is -3.68. The number of nitrogens with one attached hydrogen (secondary N) is 1. The van der Waals surface area contributed by atoms with Crippen LogP contribution in [0.1, 0.15) is 5.69 Å². The third-order valence-corrected chi connectivity index (χ3v) is 4.35. The van der Waals surface area contributed by atoms with Gasteiger partial charge >= 0.3 is 0 Å². The number of aryl methyl sites for hydroxylation is 1. The Hall–Kier alpha value is -2.06. The van der Waals surface area contributed by atoms with Crippen LogP contribution in [-0.4, -0.2) is 25.3 Å². The molecule has 0 atom stereocenters. The van der Waals surface area contributed by atoms with Gasteiger partial charge in [-0.3, -0.25) is 4.68 Å². The molecule has 0 unspecified atom stereocenters. The van der Waals surface area contributed by atoms with Crippen molar-refractivity contribution in [2.24, 2.45) is 7.05 Å². The van der Waals surface area contributed by atoms with Crippen LogP contribution in [0.15, 0.2) is 35.4 Å². The van der Waals surface area contributed by atoms with Gasteiger partial charge in [0.15, 0.2) is 0 Å². The quantitative estimate of drug-likeness (QED) is 0.782. The fourth-order valence-corrected chi connectivity index (χ4v) is 2.83. The zero-order valence-corrected chi connectivity index (χ0v) is 12.0. The van der Waals surface area contributed by atoms with Crippen LogP contribution in [0, 0.1) is 0 Å². The first-order valence-corrected chi connectivity index (χ1v) is 7.32. The maximum Gasteiger partial charge on any atom is 0.242 e. The van der Waals surface area contributed by atoms with Gasteiger partial charge in [0.05, 0.1) is 25.0 Å². The van der Waals surface area contributed by atoms with Crippen molar-refractivity contribution in [3.8, 4) is 5.75 Å². The summed E-state index contributed by atoms with van der Waals surface area (Å²) in [7, 11) is -0.449. The van der Waals surface area contributed by atoms with Crippen molar-refractivity contribution in [2.75, 3.05) is 12.8 Å². The number of hydrogen-bond donors (Lipinski definition) is 2. The lowest BCUT2D eigenvalue weighted by atomic mass is 10.3. The monoisotopic (exact) mass is 296 g/mol. The average Bonchev–Trinajstić information content (AvgIpc) is 2.81. The predicted octanol–water partition coefficient (Wildman–Crippen LogP) is 0.489. The first-order chi connectivity index (χ1) is 9.44. The molecular formula is C12H16N4O3S. The molecule has 7 nitrogen and oxygen atoms in total. The molecule has 0 aliphatic rings. The number of anilines is 1. The largest absolute Gasteiger partial charge is 0.497 e. The SMILES string of the molecule is COc1ccc(S(=O)(=O)NCc2ccnn2C)c(N)c1. The van der Waals surface area contributed by atoms with Crippen LogP contribution in [0.25, 0.3) is 0 Å². The molecule has 1 heterocycles. The normalized spacial score (nSPS) is 11.5. The summed E-state index contributed by atoms with van der Waals surface area (Å²) >= 11 is 0. The molecule has 108 valence electrons. The molecule has 1 aromatic carbocycles. The summed E-state index contributed by atoms with van der Waals surface area (Å²) in [5.74, 6) is 0.507. The number of rotatable bonds is 5. The molecule has 3 N–H and O–H groups in total. The first-order valence-electron chi connectivity index (χ1n) is 5.84. The van der Waals surface area contributed by atoms with Gasteiger partial charge in [0.2, 0.25) is 10.0 Å². The van der Waals surface area contributed by atoms with Crippen LogP contribution >= 0.6 is 0 Å². The van der Waals surface area contributed by atoms with Crippen molar-refractivity contribution < 1.29 is 13.2 Å². The van der Waals surface area contributed by atoms with Gasteiger partial charge in [-0.1, -0.05) is 0 Å². The molecule has 0 radical (unpaired) electrons. The molecule has 2 aromatic rings. The Labute approximate surface area is 117 Å². The highest BCUT2D eigenvalue weighted by atomic mass is 32.2. The van der Waals surface area contributed by atoms with Crippen LogP contribution in [0.5, 0.6) is 5.75 Å². The second-order valence-corrected chi connectivity index (χ2v) is 5.91. The van der Waals surface area contributed by atoms with Gasteiger partial charge < -0.3 is 10.5 Å². The molecule has 1 aromatic heterocycles. The standard InChI is InChI=1S/C12H16N4O3S/c1-16-9(5-6-14-16)8-15-20(17,18)12-4-3-10(19-2)7-11(12)13/h3-7,15H,8,13H2,1-2H3. The van der Waals surface area contributed by atoms with Crippen LogP contribution in [0.2, 0.25) is 0 Å². The Morgan fingerprint density at radius 1 is 1.40 bits per heavy atom. The van der Waals surface area contributed by atoms with E-state index < -0.39 is 10.0 Å². The number of ether oxygens (including phenoxy) is 1. The highest BCUT2D eigenvalue weighted by Gasteiger charge is 2.18. The molecule has 0 bridgehead atoms. The lowest BCUT2D eigenvalue weighted by Gasteiger charge is -2.10. The Morgan fingerprint density at radius 3 is 2.70 bits per heavy atom. The Balaban J connectivity index is 2.20. The van der Waals surface area contributed by atoms with Crippen molar-refractivity contribution in [2.45, 2.75) is 11.4 Å². The van der Waals surface area contributed by atoms with Gasteiger partial charge in [0.25, 0.3) is 0 Å². The fourth-order valence-electron chi connectivity index (χ4n) is 1.72. The summed E-state index contributed by atoms with van der Waals surface area (Å²) in [6.07, 6.45) is 1.60. The van der Waals surface area contributed by atoms with Crippen LogP contribution in [0.4, 0.5) is 5.69 Å². The Kier molecular flexibility index (Phi) is 3.96. The zero-order valence-electron chi connectivity index (χ0n) is 11.2. The van der Waals surface area contributed by atoms with Crippen molar-refractivity contribution in [1.29, 1.82) is 0 Å². The molecule has 0 saturated heterocycles. The van der Waals surface area contributed by atoms with Crippen molar-refractivity contribution in [3.05, 3.63) is 36.2 Å². The highest BCUT2D eigenvalue weighted by molar-refractivity contribution is 7.89. The van der Waals surface area contributed by atoms with Gasteiger partial charge in [-0.15, -0.1) is 0 Å². The van der Waals surface area contributed by atoms with E-state index in [0.29, 0.717) is 5.75 Å². The number of nitrogen functional groups attached to an aromatic ring is 1. The Morgan fingerprint density at radius 2 is 2.15 bits per heavy atom. The topological polar surface area (TPSA) is 99.2 Å². The summed E-state index contributed by atoms with van der Waals surface area (Å²) in [5.41, 5.74) is 6.64. The zero-order chi connectivity index (χ0) is 14.8. The minimum absolute atomic E-state index is 0.0282. The summed E-state index contributed by atoms with van der Waals surface area (Å²) in [6, 6.07) is 6.17. The molecule has 0 spiro atoms. The van der Waals surface area contributed by atoms with E-state index in [1.165, 1.54) is 19.2 Å². The van der Waals surface area contributed by atoms with E-state index in [2.05, 4.69) is 9.82 Å². The van der Waals surface area contributed by atoms with E-state index in [9.17, 15) is 8.42 Å². The van der Waals surface area contributed by atoms with E-state index in [-0.39, 0.29) is 17.1 Å². The maximum atomic E-state index is 12.2. The number of hydrogen-bond acceptors (Lipinski definition) is 5. The molecule has 0 aliphatic heterocycles. The second kappa shape index (κ2) is 5.51. The molecular weight excluding hydrogens is 280 g/mol. The fraction of sp³-hybridized carbons (Fsp3) is 0.250. The number of nitrogens with two attached hydrogens (primary N) is 1. The third kappa shape index (κ3) is 2.91. The highest BCUT2D eigenvalue weighted by Crippen LogP contribution is 2.23. The van der Waals surface area contributed by atoms with Gasteiger partial charge in [-0.25, -0.2) is 13.1 Å². The lowest BCUT2D eigenvalue weighted by molar-refractivity contribution is 0.414. The summed E-state index contributed by atoms with van der Waals surface area (Å²) in [6.45, 7) is 0.143. The van der Waals surface area contributed by atoms with E-state index in [1.807, 2.05) is 0 Å². The van der Waals surface area contributed by atoms with Crippen LogP contribution < -0.4 is 15.2 Å². The molecule has 0 saturated carbocycles. The van der Waals surface area contributed by atoms with Crippen molar-refractivity contribution >= 4 is 15.7 Å². The Bertz CT molecular complexity index is 709. The van der Waals surface area contributed by atoms with E-state index in [0.717, 1.165) is 5.69 Å². The molecule has 20 heavy (non-hydrogen) atoms. The maximum absolute atomic E-state index is 12.2. The van der Waals surface area contributed by atoms with Crippen LogP contribution in [0.3, 0.4) is 0 Å². The van der Waals surface area contributed by atoms with E-state index >= 15 is 0 Å². The van der Waals surface area contributed by atoms with Gasteiger partial charge in [-0.05, 0) is 18.2 Å². The molecule has 0 fully saturated rings. The summed E-state index contributed by atoms with van der Waals surface area (Å²) in [5, 5.41) is 3.97. The second-order valence-electron chi connectivity index (χ2n) is 4.17. The minimum Gasteiger partial charge on any atom is -0.497 e.